The summed E-state index contributed by atoms with van der Waals surface area (Å²) in [6.45, 7) is 3.06. The Morgan fingerprint density at radius 3 is 2.84 bits per heavy atom. The summed E-state index contributed by atoms with van der Waals surface area (Å²) in [5, 5.41) is 5.62. The van der Waals surface area contributed by atoms with E-state index in [0.29, 0.717) is 5.95 Å². The minimum atomic E-state index is -0.0958. The maximum atomic E-state index is 11.6. The summed E-state index contributed by atoms with van der Waals surface area (Å²) in [5.41, 5.74) is 1.88. The lowest BCUT2D eigenvalue weighted by Gasteiger charge is -2.07. The summed E-state index contributed by atoms with van der Waals surface area (Å²) < 4.78 is 2.96. The van der Waals surface area contributed by atoms with Crippen LogP contribution in [0, 0.1) is 0 Å². The second kappa shape index (κ2) is 6.88. The number of imidazole rings is 1. The van der Waals surface area contributed by atoms with Crippen molar-refractivity contribution in [2.75, 3.05) is 18.9 Å². The van der Waals surface area contributed by atoms with E-state index in [1.54, 1.807) is 7.05 Å². The van der Waals surface area contributed by atoms with Crippen LogP contribution >= 0.6 is 28.3 Å². The average molecular weight is 348 g/mol. The first kappa shape index (κ1) is 15.9. The fraction of sp³-hybridized carbons (Fsp3) is 0.333. The normalized spacial score (nSPS) is 10.3. The Hall–Kier alpha value is -1.11. The summed E-state index contributed by atoms with van der Waals surface area (Å²) >= 11 is 3.42. The minimum Gasteiger partial charge on any atom is -0.311 e. The summed E-state index contributed by atoms with van der Waals surface area (Å²) in [5.74, 6) is 0.493. The number of aryl methyl sites for hydroxylation is 1. The van der Waals surface area contributed by atoms with Gasteiger partial charge >= 0.3 is 0 Å². The van der Waals surface area contributed by atoms with E-state index in [1.165, 1.54) is 0 Å². The molecule has 104 valence electrons. The van der Waals surface area contributed by atoms with Crippen molar-refractivity contribution in [3.63, 3.8) is 0 Å². The molecule has 0 bridgehead atoms. The van der Waals surface area contributed by atoms with Gasteiger partial charge in [-0.2, -0.15) is 0 Å². The van der Waals surface area contributed by atoms with Gasteiger partial charge in [-0.25, -0.2) is 4.98 Å². The number of aromatic nitrogens is 2. The Morgan fingerprint density at radius 2 is 2.21 bits per heavy atom. The van der Waals surface area contributed by atoms with E-state index in [1.807, 2.05) is 29.7 Å². The lowest BCUT2D eigenvalue weighted by Crippen LogP contribution is -2.26. The lowest BCUT2D eigenvalue weighted by atomic mass is 10.3. The van der Waals surface area contributed by atoms with Crippen molar-refractivity contribution in [2.45, 2.75) is 13.5 Å². The van der Waals surface area contributed by atoms with E-state index in [9.17, 15) is 4.79 Å². The highest BCUT2D eigenvalue weighted by Gasteiger charge is 2.11. The van der Waals surface area contributed by atoms with Gasteiger partial charge in [0.2, 0.25) is 11.9 Å². The molecule has 0 fully saturated rings. The molecule has 0 atom stereocenters. The molecule has 0 aliphatic carbocycles. The summed E-state index contributed by atoms with van der Waals surface area (Å²) in [7, 11) is 1.74. The van der Waals surface area contributed by atoms with Crippen molar-refractivity contribution in [3.8, 4) is 0 Å². The van der Waals surface area contributed by atoms with Crippen molar-refractivity contribution >= 4 is 51.2 Å². The maximum absolute atomic E-state index is 11.6. The molecule has 7 heteroatoms. The van der Waals surface area contributed by atoms with Crippen LogP contribution in [0.2, 0.25) is 0 Å². The summed E-state index contributed by atoms with van der Waals surface area (Å²) in [4.78, 5) is 16.0. The first-order valence-electron chi connectivity index (χ1n) is 5.76. The third kappa shape index (κ3) is 3.46. The number of likely N-dealkylation sites (N-methyl/N-ethyl adjacent to an activating group) is 1. The van der Waals surface area contributed by atoms with Crippen LogP contribution in [-0.4, -0.2) is 29.1 Å². The van der Waals surface area contributed by atoms with E-state index < -0.39 is 0 Å². The monoisotopic (exact) mass is 346 g/mol. The molecule has 1 aromatic carbocycles. The number of anilines is 1. The Kier molecular flexibility index (Phi) is 5.78. The van der Waals surface area contributed by atoms with Gasteiger partial charge in [0.15, 0.2) is 0 Å². The molecule has 0 aliphatic heterocycles. The Bertz CT molecular complexity index is 584. The van der Waals surface area contributed by atoms with Gasteiger partial charge in [0, 0.05) is 11.0 Å². The zero-order valence-electron chi connectivity index (χ0n) is 10.7. The molecule has 1 amide bonds. The van der Waals surface area contributed by atoms with Crippen LogP contribution in [0.15, 0.2) is 22.7 Å². The van der Waals surface area contributed by atoms with Gasteiger partial charge in [-0.1, -0.05) is 15.9 Å². The highest BCUT2D eigenvalue weighted by molar-refractivity contribution is 9.10. The number of fused-ring (bicyclic) bond motifs is 1. The van der Waals surface area contributed by atoms with Crippen LogP contribution in [0.3, 0.4) is 0 Å². The Balaban J connectivity index is 0.00000180. The molecule has 0 saturated carbocycles. The van der Waals surface area contributed by atoms with Crippen molar-refractivity contribution in [2.24, 2.45) is 0 Å². The third-order valence-electron chi connectivity index (χ3n) is 2.62. The highest BCUT2D eigenvalue weighted by Crippen LogP contribution is 2.23. The smallest absolute Gasteiger partial charge is 0.240 e. The maximum Gasteiger partial charge on any atom is 0.240 e. The first-order valence-corrected chi connectivity index (χ1v) is 6.55. The van der Waals surface area contributed by atoms with E-state index >= 15 is 0 Å². The molecule has 1 heterocycles. The number of amides is 1. The first-order chi connectivity index (χ1) is 8.65. The van der Waals surface area contributed by atoms with E-state index in [2.05, 4.69) is 31.5 Å². The second-order valence-corrected chi connectivity index (χ2v) is 4.81. The number of nitrogens with one attached hydrogen (secondary N) is 2. The van der Waals surface area contributed by atoms with Gasteiger partial charge in [0.1, 0.15) is 0 Å². The SMILES string of the molecule is CCn1c(NC(=O)CNC)nc2cc(Br)ccc21.Cl. The number of nitrogens with zero attached hydrogens (tertiary/aromatic N) is 2. The molecule has 0 radical (unpaired) electrons. The van der Waals surface area contributed by atoms with E-state index in [4.69, 9.17) is 0 Å². The second-order valence-electron chi connectivity index (χ2n) is 3.89. The number of halogens is 2. The quantitative estimate of drug-likeness (QED) is 0.893. The molecule has 2 aromatic rings. The number of benzene rings is 1. The van der Waals surface area contributed by atoms with Crippen molar-refractivity contribution in [1.82, 2.24) is 14.9 Å². The van der Waals surface area contributed by atoms with Gasteiger partial charge in [-0.3, -0.25) is 10.1 Å². The lowest BCUT2D eigenvalue weighted by molar-refractivity contribution is -0.115. The number of hydrogen-bond donors (Lipinski definition) is 2. The topological polar surface area (TPSA) is 59.0 Å². The highest BCUT2D eigenvalue weighted by atomic mass is 79.9. The van der Waals surface area contributed by atoms with Gasteiger partial charge in [0.05, 0.1) is 17.6 Å². The third-order valence-corrected chi connectivity index (χ3v) is 3.11. The largest absolute Gasteiger partial charge is 0.311 e. The zero-order chi connectivity index (χ0) is 13.1. The van der Waals surface area contributed by atoms with Gasteiger partial charge in [-0.15, -0.1) is 12.4 Å². The van der Waals surface area contributed by atoms with Crippen LogP contribution < -0.4 is 10.6 Å². The standard InChI is InChI=1S/C12H15BrN4O.ClH/c1-3-17-10-5-4-8(13)6-9(10)15-12(17)16-11(18)7-14-2;/h4-6,14H,3,7H2,1-2H3,(H,15,16,18);1H. The van der Waals surface area contributed by atoms with Gasteiger partial charge < -0.3 is 9.88 Å². The zero-order valence-corrected chi connectivity index (χ0v) is 13.1. The summed E-state index contributed by atoms with van der Waals surface area (Å²) in [6, 6.07) is 5.90. The molecular weight excluding hydrogens is 332 g/mol. The van der Waals surface area contributed by atoms with Crippen molar-refractivity contribution < 1.29 is 4.79 Å². The van der Waals surface area contributed by atoms with Crippen LogP contribution in [0.1, 0.15) is 6.92 Å². The molecule has 5 nitrogen and oxygen atoms in total. The van der Waals surface area contributed by atoms with Crippen LogP contribution in [0.4, 0.5) is 5.95 Å². The molecule has 19 heavy (non-hydrogen) atoms. The number of carbonyl (C=O) groups is 1. The average Bonchev–Trinajstić information content (AvgIpc) is 2.65. The minimum absolute atomic E-state index is 0. The van der Waals surface area contributed by atoms with E-state index in [0.717, 1.165) is 22.1 Å². The van der Waals surface area contributed by atoms with Gasteiger partial charge in [-0.05, 0) is 32.2 Å². The van der Waals surface area contributed by atoms with E-state index in [-0.39, 0.29) is 24.9 Å². The molecule has 0 spiro atoms. The molecule has 0 unspecified atom stereocenters. The Labute approximate surface area is 126 Å². The van der Waals surface area contributed by atoms with Crippen LogP contribution in [-0.2, 0) is 11.3 Å². The fourth-order valence-corrected chi connectivity index (χ4v) is 2.20. The summed E-state index contributed by atoms with van der Waals surface area (Å²) in [6.07, 6.45) is 0. The molecule has 0 aliphatic rings. The van der Waals surface area contributed by atoms with Gasteiger partial charge in [0.25, 0.3) is 0 Å². The number of rotatable bonds is 4. The Morgan fingerprint density at radius 1 is 1.47 bits per heavy atom. The number of hydrogen-bond acceptors (Lipinski definition) is 3. The van der Waals surface area contributed by atoms with Crippen LogP contribution in [0.25, 0.3) is 11.0 Å². The molecule has 0 saturated heterocycles. The molecule has 2 N–H and O–H groups in total. The van der Waals surface area contributed by atoms with Crippen molar-refractivity contribution in [3.05, 3.63) is 22.7 Å². The van der Waals surface area contributed by atoms with Crippen LogP contribution in [0.5, 0.6) is 0 Å². The fourth-order valence-electron chi connectivity index (χ4n) is 1.85. The predicted octanol–water partition coefficient (Wildman–Crippen LogP) is 2.40. The molecule has 2 rings (SSSR count). The number of carbonyl (C=O) groups excluding carboxylic acids is 1. The molecule has 1 aromatic heterocycles. The van der Waals surface area contributed by atoms with Crippen molar-refractivity contribution in [1.29, 1.82) is 0 Å². The predicted molar refractivity (Wildman–Crippen MR) is 82.9 cm³/mol. The molecular formula is C12H16BrClN4O.